The number of nitrogens with zero attached hydrogens (tertiary/aromatic N) is 5. The van der Waals surface area contributed by atoms with Crippen LogP contribution >= 0.6 is 0 Å². The summed E-state index contributed by atoms with van der Waals surface area (Å²) >= 11 is 0. The molecule has 1 N–H and O–H groups in total. The van der Waals surface area contributed by atoms with Crippen LogP contribution in [0.5, 0.6) is 0 Å². The van der Waals surface area contributed by atoms with Crippen molar-refractivity contribution in [3.05, 3.63) is 42.5 Å². The van der Waals surface area contributed by atoms with Gasteiger partial charge in [-0.15, -0.1) is 0 Å². The number of urea groups is 1. The number of likely N-dealkylation sites (tertiary alicyclic amines) is 1. The van der Waals surface area contributed by atoms with Crippen molar-refractivity contribution in [2.75, 3.05) is 18.4 Å². The van der Waals surface area contributed by atoms with E-state index in [1.807, 2.05) is 9.58 Å². The van der Waals surface area contributed by atoms with Gasteiger partial charge >= 0.3 is 6.03 Å². The lowest BCUT2D eigenvalue weighted by Gasteiger charge is -2.32. The molecule has 1 aliphatic rings. The molecule has 0 radical (unpaired) electrons. The van der Waals surface area contributed by atoms with E-state index >= 15 is 0 Å². The molecule has 7 nitrogen and oxygen atoms in total. The van der Waals surface area contributed by atoms with Crippen molar-refractivity contribution in [1.29, 1.82) is 5.26 Å². The van der Waals surface area contributed by atoms with E-state index in [4.69, 9.17) is 5.26 Å². The van der Waals surface area contributed by atoms with E-state index < -0.39 is 0 Å². The van der Waals surface area contributed by atoms with Gasteiger partial charge in [-0.25, -0.2) is 9.78 Å². The lowest BCUT2D eigenvalue weighted by atomic mass is 9.98. The van der Waals surface area contributed by atoms with Crippen LogP contribution in [0.4, 0.5) is 10.5 Å². The van der Waals surface area contributed by atoms with E-state index in [1.165, 1.54) is 6.33 Å². The number of nitrogens with one attached hydrogen (secondary N) is 1. The fourth-order valence-corrected chi connectivity index (χ4v) is 2.86. The Kier molecular flexibility index (Phi) is 4.52. The van der Waals surface area contributed by atoms with Crippen molar-refractivity contribution in [3.63, 3.8) is 0 Å². The van der Waals surface area contributed by atoms with Gasteiger partial charge in [0.25, 0.3) is 0 Å². The summed E-state index contributed by atoms with van der Waals surface area (Å²) in [6.07, 6.45) is 5.28. The van der Waals surface area contributed by atoms with Gasteiger partial charge in [0.2, 0.25) is 0 Å². The highest BCUT2D eigenvalue weighted by atomic mass is 16.2. The zero-order valence-corrected chi connectivity index (χ0v) is 12.7. The number of hydrogen-bond acceptors (Lipinski definition) is 4. The zero-order chi connectivity index (χ0) is 16.1. The van der Waals surface area contributed by atoms with Crippen molar-refractivity contribution in [2.24, 2.45) is 5.92 Å². The normalized spacial score (nSPS) is 17.5. The molecule has 118 valence electrons. The summed E-state index contributed by atoms with van der Waals surface area (Å²) in [7, 11) is 0. The van der Waals surface area contributed by atoms with Crippen LogP contribution in [0.3, 0.4) is 0 Å². The second-order valence-corrected chi connectivity index (χ2v) is 5.69. The number of carbonyl (C=O) groups excluding carboxylic acids is 1. The maximum Gasteiger partial charge on any atom is 0.321 e. The summed E-state index contributed by atoms with van der Waals surface area (Å²) in [5.74, 6) is 0.377. The smallest absolute Gasteiger partial charge is 0.321 e. The molecule has 1 aliphatic heterocycles. The highest BCUT2D eigenvalue weighted by Gasteiger charge is 2.24. The van der Waals surface area contributed by atoms with E-state index in [0.29, 0.717) is 23.7 Å². The lowest BCUT2D eigenvalue weighted by Crippen LogP contribution is -2.43. The Morgan fingerprint density at radius 2 is 2.39 bits per heavy atom. The molecule has 2 aromatic rings. The average Bonchev–Trinajstić information content (AvgIpc) is 3.08. The number of rotatable bonds is 3. The summed E-state index contributed by atoms with van der Waals surface area (Å²) in [6, 6.07) is 8.89. The first-order valence-corrected chi connectivity index (χ1v) is 7.63. The largest absolute Gasteiger partial charge is 0.324 e. The third-order valence-electron chi connectivity index (χ3n) is 3.96. The third kappa shape index (κ3) is 3.86. The summed E-state index contributed by atoms with van der Waals surface area (Å²) < 4.78 is 1.81. The Morgan fingerprint density at radius 3 is 3.17 bits per heavy atom. The first kappa shape index (κ1) is 15.0. The first-order chi connectivity index (χ1) is 11.2. The molecule has 0 unspecified atom stereocenters. The minimum Gasteiger partial charge on any atom is -0.324 e. The third-order valence-corrected chi connectivity index (χ3v) is 3.96. The van der Waals surface area contributed by atoms with E-state index in [-0.39, 0.29) is 6.03 Å². The van der Waals surface area contributed by atoms with Gasteiger partial charge in [-0.1, -0.05) is 6.07 Å². The van der Waals surface area contributed by atoms with Crippen molar-refractivity contribution in [3.8, 4) is 6.07 Å². The SMILES string of the molecule is N#Cc1cccc(NC(=O)N2CCC[C@@H](Cn3cncn3)C2)c1. The number of benzene rings is 1. The predicted molar refractivity (Wildman–Crippen MR) is 84.5 cm³/mol. The van der Waals surface area contributed by atoms with Crippen LogP contribution in [0.25, 0.3) is 0 Å². The molecule has 0 saturated carbocycles. The van der Waals surface area contributed by atoms with Crippen LogP contribution in [-0.2, 0) is 6.54 Å². The molecular weight excluding hydrogens is 292 g/mol. The number of carbonyl (C=O) groups is 1. The molecule has 1 aromatic heterocycles. The number of hydrogen-bond donors (Lipinski definition) is 1. The maximum absolute atomic E-state index is 12.4. The fourth-order valence-electron chi connectivity index (χ4n) is 2.86. The first-order valence-electron chi connectivity index (χ1n) is 7.63. The molecule has 7 heteroatoms. The number of anilines is 1. The Hall–Kier alpha value is -2.88. The minimum atomic E-state index is -0.122. The van der Waals surface area contributed by atoms with Crippen molar-refractivity contribution >= 4 is 11.7 Å². The number of piperidine rings is 1. The number of aromatic nitrogens is 3. The summed E-state index contributed by atoms with van der Waals surface area (Å²) in [6.45, 7) is 2.22. The van der Waals surface area contributed by atoms with Crippen molar-refractivity contribution < 1.29 is 4.79 Å². The van der Waals surface area contributed by atoms with E-state index in [1.54, 1.807) is 30.6 Å². The average molecular weight is 310 g/mol. The van der Waals surface area contributed by atoms with Crippen LogP contribution in [0, 0.1) is 17.2 Å². The molecular formula is C16H18N6O. The molecule has 3 rings (SSSR count). The fraction of sp³-hybridized carbons (Fsp3) is 0.375. The van der Waals surface area contributed by atoms with Crippen LogP contribution in [0.15, 0.2) is 36.9 Å². The van der Waals surface area contributed by atoms with Gasteiger partial charge in [0.15, 0.2) is 0 Å². The summed E-state index contributed by atoms with van der Waals surface area (Å²) in [4.78, 5) is 18.2. The Balaban J connectivity index is 1.59. The standard InChI is InChI=1S/C16H18N6O/c17-8-13-3-1-5-15(7-13)20-16(23)21-6-2-4-14(9-21)10-22-12-18-11-19-22/h1,3,5,7,11-12,14H,2,4,6,9-10H2,(H,20,23)/t14-/m1/s1. The lowest BCUT2D eigenvalue weighted by molar-refractivity contribution is 0.168. The second kappa shape index (κ2) is 6.92. The molecule has 2 amide bonds. The van der Waals surface area contributed by atoms with E-state index in [0.717, 1.165) is 25.9 Å². The van der Waals surface area contributed by atoms with E-state index in [9.17, 15) is 4.79 Å². The highest BCUT2D eigenvalue weighted by molar-refractivity contribution is 5.89. The Morgan fingerprint density at radius 1 is 1.48 bits per heavy atom. The van der Waals surface area contributed by atoms with Crippen LogP contribution in [0.1, 0.15) is 18.4 Å². The van der Waals surface area contributed by atoms with Gasteiger partial charge in [0.05, 0.1) is 11.6 Å². The summed E-state index contributed by atoms with van der Waals surface area (Å²) in [5, 5.41) is 15.9. The van der Waals surface area contributed by atoms with Crippen LogP contribution in [-0.4, -0.2) is 38.8 Å². The monoisotopic (exact) mass is 310 g/mol. The van der Waals surface area contributed by atoms with Gasteiger partial charge in [-0.2, -0.15) is 10.4 Å². The summed E-state index contributed by atoms with van der Waals surface area (Å²) in [5.41, 5.74) is 1.18. The quantitative estimate of drug-likeness (QED) is 0.940. The van der Waals surface area contributed by atoms with Gasteiger partial charge in [-0.3, -0.25) is 4.68 Å². The van der Waals surface area contributed by atoms with Gasteiger partial charge in [0, 0.05) is 25.3 Å². The van der Waals surface area contributed by atoms with Gasteiger partial charge in [0.1, 0.15) is 12.7 Å². The van der Waals surface area contributed by atoms with E-state index in [2.05, 4.69) is 21.5 Å². The number of nitriles is 1. The molecule has 0 aliphatic carbocycles. The molecule has 23 heavy (non-hydrogen) atoms. The Labute approximate surface area is 134 Å². The highest BCUT2D eigenvalue weighted by Crippen LogP contribution is 2.19. The van der Waals surface area contributed by atoms with Crippen LogP contribution in [0.2, 0.25) is 0 Å². The minimum absolute atomic E-state index is 0.122. The predicted octanol–water partition coefficient (Wildman–Crippen LogP) is 2.09. The molecule has 1 aromatic carbocycles. The molecule has 1 fully saturated rings. The maximum atomic E-state index is 12.4. The Bertz CT molecular complexity index is 706. The zero-order valence-electron chi connectivity index (χ0n) is 12.7. The van der Waals surface area contributed by atoms with Gasteiger partial charge in [-0.05, 0) is 37.0 Å². The molecule has 0 spiro atoms. The van der Waals surface area contributed by atoms with Gasteiger partial charge < -0.3 is 10.2 Å². The molecule has 0 bridgehead atoms. The molecule has 1 saturated heterocycles. The second-order valence-electron chi connectivity index (χ2n) is 5.69. The van der Waals surface area contributed by atoms with Crippen molar-refractivity contribution in [1.82, 2.24) is 19.7 Å². The molecule has 2 heterocycles. The van der Waals surface area contributed by atoms with Crippen molar-refractivity contribution in [2.45, 2.75) is 19.4 Å². The number of amides is 2. The topological polar surface area (TPSA) is 86.8 Å². The van der Waals surface area contributed by atoms with Crippen LogP contribution < -0.4 is 5.32 Å². The molecule has 1 atom stereocenters.